The summed E-state index contributed by atoms with van der Waals surface area (Å²) < 4.78 is 11.5. The summed E-state index contributed by atoms with van der Waals surface area (Å²) in [7, 11) is 0. The van der Waals surface area contributed by atoms with Crippen LogP contribution in [0.2, 0.25) is 0 Å². The zero-order valence-electron chi connectivity index (χ0n) is 24.4. The first kappa shape index (κ1) is 31.7. The number of ether oxygens (including phenoxy) is 2. The Labute approximate surface area is 255 Å². The number of carbonyl (C=O) groups is 4. The Hall–Kier alpha value is -5.19. The van der Waals surface area contributed by atoms with E-state index in [9.17, 15) is 24.0 Å². The minimum absolute atomic E-state index is 0.0203. The molecule has 1 aliphatic heterocycles. The van der Waals surface area contributed by atoms with E-state index in [4.69, 9.17) is 9.47 Å². The highest BCUT2D eigenvalue weighted by molar-refractivity contribution is 5.85. The summed E-state index contributed by atoms with van der Waals surface area (Å²) in [6, 6.07) is 19.6. The Morgan fingerprint density at radius 2 is 1.68 bits per heavy atom. The van der Waals surface area contributed by atoms with Crippen LogP contribution in [-0.4, -0.2) is 47.6 Å². The van der Waals surface area contributed by atoms with Crippen molar-refractivity contribution in [3.05, 3.63) is 113 Å². The summed E-state index contributed by atoms with van der Waals surface area (Å²) in [5.41, 5.74) is 0.926. The van der Waals surface area contributed by atoms with Crippen LogP contribution in [0.25, 0.3) is 0 Å². The number of nitrogens with one attached hydrogen (secondary N) is 3. The van der Waals surface area contributed by atoms with Gasteiger partial charge in [-0.05, 0) is 43.0 Å². The third-order valence-electron chi connectivity index (χ3n) is 7.11. The van der Waals surface area contributed by atoms with Gasteiger partial charge in [0.1, 0.15) is 18.3 Å². The highest BCUT2D eigenvalue weighted by Gasteiger charge is 2.30. The van der Waals surface area contributed by atoms with Crippen LogP contribution >= 0.6 is 0 Å². The monoisotopic (exact) mass is 600 g/mol. The molecule has 3 unspecified atom stereocenters. The second kappa shape index (κ2) is 15.9. The van der Waals surface area contributed by atoms with Gasteiger partial charge in [0, 0.05) is 37.2 Å². The summed E-state index contributed by atoms with van der Waals surface area (Å²) in [6.07, 6.45) is 4.41. The number of nitrogens with zero attached hydrogens (tertiary/aromatic N) is 1. The van der Waals surface area contributed by atoms with Gasteiger partial charge in [-0.3, -0.25) is 19.7 Å². The maximum atomic E-state index is 13.9. The lowest BCUT2D eigenvalue weighted by Crippen LogP contribution is -2.43. The normalized spacial score (nSPS) is 15.7. The molecule has 1 aliphatic rings. The van der Waals surface area contributed by atoms with Crippen molar-refractivity contribution >= 4 is 29.6 Å². The molecule has 2 heterocycles. The number of rotatable bonds is 13. The van der Waals surface area contributed by atoms with Gasteiger partial charge in [-0.2, -0.15) is 0 Å². The number of benzene rings is 2. The predicted octanol–water partition coefficient (Wildman–Crippen LogP) is 3.51. The van der Waals surface area contributed by atoms with Crippen molar-refractivity contribution in [1.82, 2.24) is 15.2 Å². The lowest BCUT2D eigenvalue weighted by Gasteiger charge is -2.24. The van der Waals surface area contributed by atoms with E-state index in [1.165, 1.54) is 29.0 Å². The van der Waals surface area contributed by atoms with E-state index in [0.29, 0.717) is 13.0 Å². The summed E-state index contributed by atoms with van der Waals surface area (Å²) in [5.74, 6) is -1.55. The summed E-state index contributed by atoms with van der Waals surface area (Å²) in [4.78, 5) is 64.3. The molecular formula is C33H36N4O7. The predicted molar refractivity (Wildman–Crippen MR) is 164 cm³/mol. The third kappa shape index (κ3) is 9.15. The summed E-state index contributed by atoms with van der Waals surface area (Å²) in [6.45, 7) is 2.43. The smallest absolute Gasteiger partial charge is 0.412 e. The molecule has 11 heteroatoms. The molecule has 3 aromatic rings. The van der Waals surface area contributed by atoms with E-state index >= 15 is 0 Å². The van der Waals surface area contributed by atoms with Crippen molar-refractivity contribution in [3.8, 4) is 0 Å². The number of aromatic nitrogens is 1. The van der Waals surface area contributed by atoms with E-state index in [2.05, 4.69) is 16.0 Å². The standard InChI is InChI=1S/C33H36N4O7/c1-2-43-29(38)16-15-26(21-25-17-18-34-30(25)39)35-31(40)28(20-23-10-5-3-6-11-23)37-19-9-14-27(32(37)41)36-33(42)44-22-24-12-7-4-8-13-24/h3-16,19,25-26,28H,2,17-18,20-22H2,1H3,(H,34,39)(H,35,40)(H,36,42)/b16-15+. The number of anilines is 1. The van der Waals surface area contributed by atoms with Crippen LogP contribution in [0.5, 0.6) is 0 Å². The molecule has 1 fully saturated rings. The molecule has 0 aliphatic carbocycles. The molecule has 2 aromatic carbocycles. The largest absolute Gasteiger partial charge is 0.463 e. The number of hydrogen-bond donors (Lipinski definition) is 3. The van der Waals surface area contributed by atoms with Crippen molar-refractivity contribution in [3.63, 3.8) is 0 Å². The van der Waals surface area contributed by atoms with Crippen molar-refractivity contribution in [2.75, 3.05) is 18.5 Å². The molecule has 3 N–H and O–H groups in total. The molecule has 1 saturated heterocycles. The van der Waals surface area contributed by atoms with E-state index in [0.717, 1.165) is 11.1 Å². The van der Waals surface area contributed by atoms with E-state index in [1.807, 2.05) is 60.7 Å². The van der Waals surface area contributed by atoms with Crippen LogP contribution in [0.4, 0.5) is 10.5 Å². The number of hydrogen-bond acceptors (Lipinski definition) is 7. The summed E-state index contributed by atoms with van der Waals surface area (Å²) >= 11 is 0. The zero-order valence-corrected chi connectivity index (χ0v) is 24.4. The molecule has 0 spiro atoms. The van der Waals surface area contributed by atoms with Gasteiger partial charge in [-0.1, -0.05) is 66.7 Å². The van der Waals surface area contributed by atoms with Crippen LogP contribution in [0, 0.1) is 5.92 Å². The topological polar surface area (TPSA) is 145 Å². The fourth-order valence-electron chi connectivity index (χ4n) is 4.90. The average molecular weight is 601 g/mol. The second-order valence-corrected chi connectivity index (χ2v) is 10.3. The first-order valence-corrected chi connectivity index (χ1v) is 14.5. The van der Waals surface area contributed by atoms with E-state index < -0.39 is 35.6 Å². The van der Waals surface area contributed by atoms with E-state index in [1.54, 1.807) is 13.0 Å². The van der Waals surface area contributed by atoms with Gasteiger partial charge >= 0.3 is 12.1 Å². The average Bonchev–Trinajstić information content (AvgIpc) is 3.43. The number of carbonyl (C=O) groups excluding carboxylic acids is 4. The molecular weight excluding hydrogens is 564 g/mol. The lowest BCUT2D eigenvalue weighted by atomic mass is 9.97. The Kier molecular flexibility index (Phi) is 11.5. The van der Waals surface area contributed by atoms with Gasteiger partial charge in [0.05, 0.1) is 6.61 Å². The van der Waals surface area contributed by atoms with Crippen molar-refractivity contribution < 1.29 is 28.7 Å². The molecule has 3 amide bonds. The second-order valence-electron chi connectivity index (χ2n) is 10.3. The first-order chi connectivity index (χ1) is 21.3. The van der Waals surface area contributed by atoms with Crippen molar-refractivity contribution in [2.24, 2.45) is 5.92 Å². The van der Waals surface area contributed by atoms with Crippen LogP contribution in [0.3, 0.4) is 0 Å². The molecule has 44 heavy (non-hydrogen) atoms. The molecule has 0 saturated carbocycles. The van der Waals surface area contributed by atoms with Gasteiger partial charge in [0.15, 0.2) is 0 Å². The van der Waals surface area contributed by atoms with Crippen molar-refractivity contribution in [1.29, 1.82) is 0 Å². The number of esters is 1. The van der Waals surface area contributed by atoms with E-state index in [-0.39, 0.29) is 43.6 Å². The fraction of sp³-hybridized carbons (Fsp3) is 0.303. The lowest BCUT2D eigenvalue weighted by molar-refractivity contribution is -0.137. The molecule has 0 radical (unpaired) electrons. The molecule has 3 atom stereocenters. The maximum absolute atomic E-state index is 13.9. The maximum Gasteiger partial charge on any atom is 0.412 e. The zero-order chi connectivity index (χ0) is 31.3. The Morgan fingerprint density at radius 3 is 2.34 bits per heavy atom. The van der Waals surface area contributed by atoms with Gasteiger partial charge in [0.2, 0.25) is 11.8 Å². The quantitative estimate of drug-likeness (QED) is 0.201. The highest BCUT2D eigenvalue weighted by Crippen LogP contribution is 2.20. The molecule has 0 bridgehead atoms. The number of amides is 3. The van der Waals surface area contributed by atoms with Crippen molar-refractivity contribution in [2.45, 2.75) is 44.9 Å². The Morgan fingerprint density at radius 1 is 0.977 bits per heavy atom. The van der Waals surface area contributed by atoms with Gasteiger partial charge in [-0.25, -0.2) is 9.59 Å². The van der Waals surface area contributed by atoms with Crippen LogP contribution in [0.1, 0.15) is 36.9 Å². The molecule has 230 valence electrons. The third-order valence-corrected chi connectivity index (χ3v) is 7.11. The van der Waals surface area contributed by atoms with Crippen LogP contribution in [-0.2, 0) is 36.9 Å². The Bertz CT molecular complexity index is 1520. The van der Waals surface area contributed by atoms with Gasteiger partial charge < -0.3 is 24.7 Å². The fourth-order valence-corrected chi connectivity index (χ4v) is 4.90. The molecule has 1 aromatic heterocycles. The van der Waals surface area contributed by atoms with Gasteiger partial charge in [-0.15, -0.1) is 0 Å². The molecule has 11 nitrogen and oxygen atoms in total. The van der Waals surface area contributed by atoms with Crippen LogP contribution < -0.4 is 21.5 Å². The first-order valence-electron chi connectivity index (χ1n) is 14.5. The minimum Gasteiger partial charge on any atom is -0.463 e. The summed E-state index contributed by atoms with van der Waals surface area (Å²) in [5, 5.41) is 8.19. The highest BCUT2D eigenvalue weighted by atomic mass is 16.5. The molecule has 4 rings (SSSR count). The van der Waals surface area contributed by atoms with Crippen LogP contribution in [0.15, 0.2) is 95.9 Å². The van der Waals surface area contributed by atoms with Gasteiger partial charge in [0.25, 0.3) is 5.56 Å². The minimum atomic E-state index is -1.03. The Balaban J connectivity index is 1.57. The SMILES string of the molecule is CCOC(=O)/C=C/C(CC1CCNC1=O)NC(=O)C(Cc1ccccc1)n1cccc(NC(=O)OCc2ccccc2)c1=O. The number of pyridine rings is 1.